The van der Waals surface area contributed by atoms with Crippen LogP contribution >= 0.6 is 0 Å². The standard InChI is InChI=1S/C5H6N2.2C3H7.BrH.Fe/c1-4-5(2)7-3-6-4;2*1-3-2;;/h1-2H3;2*3H,1-2H3;1H;/q;2*-1;;/p-1. The van der Waals surface area contributed by atoms with E-state index in [1.165, 1.54) is 0 Å². The number of hydrogen-bond donors (Lipinski definition) is 0. The smallest absolute Gasteiger partial charge is 0.192 e. The first-order valence-electron chi connectivity index (χ1n) is 4.63. The SMILES string of the molecule is CC1=N[C](=[Fe])N=C1C.C[CH-]C.C[CH-]C.[Br-]. The fourth-order valence-electron chi connectivity index (χ4n) is 0.455. The maximum Gasteiger partial charge on any atom is -0.192 e. The van der Waals surface area contributed by atoms with Gasteiger partial charge in [-0.2, -0.15) is 27.7 Å². The molecule has 92 valence electrons. The minimum absolute atomic E-state index is 0. The van der Waals surface area contributed by atoms with Gasteiger partial charge in [-0.25, -0.2) is 0 Å². The fraction of sp³-hybridized carbons (Fsp3) is 0.545. The van der Waals surface area contributed by atoms with Gasteiger partial charge < -0.3 is 29.8 Å². The Balaban J connectivity index is -0.000000177. The zero-order valence-electron chi connectivity index (χ0n) is 10.3. The molecular formula is C11H20BrFeN2-3. The minimum Gasteiger partial charge on any atom is -1.00 e. The Bertz CT molecular complexity index is 201. The second-order valence-electron chi connectivity index (χ2n) is 2.81. The summed E-state index contributed by atoms with van der Waals surface area (Å²) in [6.45, 7) is 11.9. The van der Waals surface area contributed by atoms with Gasteiger partial charge in [-0.15, -0.1) is 0 Å². The molecule has 15 heavy (non-hydrogen) atoms. The van der Waals surface area contributed by atoms with Crippen molar-refractivity contribution in [3.05, 3.63) is 12.8 Å². The Kier molecular flexibility index (Phi) is 19.5. The molecule has 1 heterocycles. The van der Waals surface area contributed by atoms with Gasteiger partial charge in [0, 0.05) is 0 Å². The van der Waals surface area contributed by atoms with Crippen molar-refractivity contribution < 1.29 is 32.6 Å². The second-order valence-corrected chi connectivity index (χ2v) is 3.30. The molecule has 0 bridgehead atoms. The predicted octanol–water partition coefficient (Wildman–Crippen LogP) is 0.0210. The van der Waals surface area contributed by atoms with Crippen LogP contribution in [0.2, 0.25) is 0 Å². The average Bonchev–Trinajstić information content (AvgIpc) is 2.32. The summed E-state index contributed by atoms with van der Waals surface area (Å²) in [7, 11) is 0. The third-order valence-electron chi connectivity index (χ3n) is 1.04. The molecule has 0 N–H and O–H groups in total. The number of hydrogen-bond acceptors (Lipinski definition) is 2. The van der Waals surface area contributed by atoms with Crippen molar-refractivity contribution in [1.82, 2.24) is 0 Å². The zero-order chi connectivity index (χ0) is 11.6. The van der Waals surface area contributed by atoms with E-state index in [9.17, 15) is 0 Å². The van der Waals surface area contributed by atoms with E-state index in [0.29, 0.717) is 4.67 Å². The van der Waals surface area contributed by atoms with Crippen LogP contribution < -0.4 is 17.0 Å². The first kappa shape index (κ1) is 20.6. The summed E-state index contributed by atoms with van der Waals surface area (Å²) in [5.74, 6) is 0. The number of nitrogens with zero attached hydrogens (tertiary/aromatic N) is 2. The van der Waals surface area contributed by atoms with E-state index in [2.05, 4.69) is 25.6 Å². The molecule has 0 aromatic carbocycles. The van der Waals surface area contributed by atoms with Crippen molar-refractivity contribution in [3.63, 3.8) is 0 Å². The topological polar surface area (TPSA) is 24.7 Å². The Labute approximate surface area is 113 Å². The summed E-state index contributed by atoms with van der Waals surface area (Å²) in [6, 6.07) is 0. The second kappa shape index (κ2) is 14.2. The molecular weight excluding hydrogens is 296 g/mol. The van der Waals surface area contributed by atoms with Gasteiger partial charge in [0.05, 0.1) is 0 Å². The Hall–Kier alpha value is 0.209. The quantitative estimate of drug-likeness (QED) is 0.445. The predicted molar refractivity (Wildman–Crippen MR) is 62.5 cm³/mol. The van der Waals surface area contributed by atoms with Gasteiger partial charge in [-0.3, -0.25) is 0 Å². The molecule has 0 saturated heterocycles. The van der Waals surface area contributed by atoms with Gasteiger partial charge in [0.15, 0.2) is 0 Å². The summed E-state index contributed by atoms with van der Waals surface area (Å²) in [5, 5.41) is 0. The van der Waals surface area contributed by atoms with E-state index in [-0.39, 0.29) is 17.0 Å². The first-order valence-corrected chi connectivity index (χ1v) is 5.18. The average molecular weight is 316 g/mol. The van der Waals surface area contributed by atoms with Crippen LogP contribution in [0, 0.1) is 12.8 Å². The molecule has 4 heteroatoms. The summed E-state index contributed by atoms with van der Waals surface area (Å²) in [4.78, 5) is 7.98. The van der Waals surface area contributed by atoms with Crippen LogP contribution in [0.5, 0.6) is 0 Å². The van der Waals surface area contributed by atoms with E-state index in [1.54, 1.807) is 0 Å². The fourth-order valence-corrected chi connectivity index (χ4v) is 0.826. The molecule has 0 spiro atoms. The van der Waals surface area contributed by atoms with Crippen molar-refractivity contribution in [2.45, 2.75) is 41.5 Å². The normalized spacial score (nSPS) is 12.3. The molecule has 0 fully saturated rings. The maximum atomic E-state index is 3.99. The van der Waals surface area contributed by atoms with Gasteiger partial charge in [-0.1, -0.05) is 0 Å². The van der Waals surface area contributed by atoms with E-state index in [1.807, 2.05) is 54.4 Å². The molecule has 0 unspecified atom stereocenters. The van der Waals surface area contributed by atoms with Crippen molar-refractivity contribution in [2.24, 2.45) is 9.98 Å². The third-order valence-corrected chi connectivity index (χ3v) is 1.28. The van der Waals surface area contributed by atoms with Gasteiger partial charge >= 0.3 is 55.5 Å². The third kappa shape index (κ3) is 14.2. The molecule has 1 aliphatic heterocycles. The van der Waals surface area contributed by atoms with Gasteiger partial charge in [0.2, 0.25) is 0 Å². The van der Waals surface area contributed by atoms with Crippen molar-refractivity contribution in [2.75, 3.05) is 0 Å². The minimum atomic E-state index is 0. The monoisotopic (exact) mass is 315 g/mol. The van der Waals surface area contributed by atoms with Crippen LogP contribution in [0.25, 0.3) is 0 Å². The molecule has 0 atom stereocenters. The van der Waals surface area contributed by atoms with Crippen LogP contribution in [0.15, 0.2) is 9.98 Å². The van der Waals surface area contributed by atoms with Crippen LogP contribution in [0.1, 0.15) is 41.5 Å². The van der Waals surface area contributed by atoms with Crippen LogP contribution in [0.4, 0.5) is 0 Å². The molecule has 0 aromatic rings. The molecule has 0 saturated carbocycles. The van der Waals surface area contributed by atoms with E-state index < -0.39 is 0 Å². The van der Waals surface area contributed by atoms with E-state index in [0.717, 1.165) is 11.4 Å². The van der Waals surface area contributed by atoms with Crippen LogP contribution in [-0.2, 0) is 15.6 Å². The Morgan fingerprint density at radius 2 is 1.07 bits per heavy atom. The number of halogens is 1. The maximum absolute atomic E-state index is 3.99. The zero-order valence-corrected chi connectivity index (χ0v) is 13.0. The molecule has 1 aliphatic rings. The molecule has 0 aliphatic carbocycles. The van der Waals surface area contributed by atoms with Crippen LogP contribution in [-0.4, -0.2) is 16.1 Å². The van der Waals surface area contributed by atoms with Crippen LogP contribution in [0.3, 0.4) is 0 Å². The summed E-state index contributed by atoms with van der Waals surface area (Å²) >= 11 is 3.58. The van der Waals surface area contributed by atoms with Gasteiger partial charge in [0.25, 0.3) is 0 Å². The Morgan fingerprint density at radius 3 is 1.13 bits per heavy atom. The van der Waals surface area contributed by atoms with Gasteiger partial charge in [-0.05, 0) is 0 Å². The first-order chi connectivity index (χ1) is 6.53. The molecule has 2 nitrogen and oxygen atoms in total. The summed E-state index contributed by atoms with van der Waals surface area (Å²) < 4.78 is 0.625. The van der Waals surface area contributed by atoms with E-state index >= 15 is 0 Å². The van der Waals surface area contributed by atoms with Crippen molar-refractivity contribution in [3.8, 4) is 0 Å². The van der Waals surface area contributed by atoms with E-state index in [4.69, 9.17) is 0 Å². The van der Waals surface area contributed by atoms with Crippen molar-refractivity contribution >= 4 is 16.1 Å². The molecule has 0 radical (unpaired) electrons. The number of rotatable bonds is 0. The molecule has 0 amide bonds. The van der Waals surface area contributed by atoms with Crippen molar-refractivity contribution in [1.29, 1.82) is 0 Å². The van der Waals surface area contributed by atoms with Gasteiger partial charge in [0.1, 0.15) is 0 Å². The molecule has 0 aromatic heterocycles. The Morgan fingerprint density at radius 1 is 0.867 bits per heavy atom. The summed E-state index contributed by atoms with van der Waals surface area (Å²) in [6.07, 6.45) is 4.00. The largest absolute Gasteiger partial charge is 1.00 e. The number of aliphatic imine (C=N–C) groups is 2. The summed E-state index contributed by atoms with van der Waals surface area (Å²) in [5.41, 5.74) is 1.96. The molecule has 1 rings (SSSR count).